The van der Waals surface area contributed by atoms with Gasteiger partial charge in [-0.1, -0.05) is 0 Å². The third-order valence-corrected chi connectivity index (χ3v) is 4.09. The van der Waals surface area contributed by atoms with Crippen LogP contribution in [0.3, 0.4) is 0 Å². The topological polar surface area (TPSA) is 33.2 Å². The Morgan fingerprint density at radius 2 is 2.00 bits per heavy atom. The van der Waals surface area contributed by atoms with E-state index in [-0.39, 0.29) is 5.91 Å². The third kappa shape index (κ3) is 2.61. The smallest absolute Gasteiger partial charge is 0.227 e. The van der Waals surface area contributed by atoms with E-state index in [9.17, 15) is 4.79 Å². The second kappa shape index (κ2) is 4.95. The van der Waals surface area contributed by atoms with Crippen LogP contribution in [-0.4, -0.2) is 28.9 Å². The van der Waals surface area contributed by atoms with Gasteiger partial charge in [0, 0.05) is 18.0 Å². The van der Waals surface area contributed by atoms with E-state index in [1.807, 2.05) is 18.7 Å². The van der Waals surface area contributed by atoms with Crippen molar-refractivity contribution in [2.24, 2.45) is 0 Å². The summed E-state index contributed by atoms with van der Waals surface area (Å²) in [6, 6.07) is 0. The molecule has 1 aliphatic heterocycles. The molecule has 0 spiro atoms. The molecule has 1 aromatic rings. The summed E-state index contributed by atoms with van der Waals surface area (Å²) in [5.74, 6) is 0.270. The largest absolute Gasteiger partial charge is 0.342 e. The summed E-state index contributed by atoms with van der Waals surface area (Å²) in [7, 11) is 0. The molecule has 0 unspecified atom stereocenters. The quantitative estimate of drug-likeness (QED) is 0.792. The van der Waals surface area contributed by atoms with E-state index in [1.54, 1.807) is 11.3 Å². The molecule has 4 heteroatoms. The van der Waals surface area contributed by atoms with Crippen LogP contribution in [0.4, 0.5) is 0 Å². The minimum absolute atomic E-state index is 0.270. The van der Waals surface area contributed by atoms with Crippen molar-refractivity contribution in [2.75, 3.05) is 13.1 Å². The summed E-state index contributed by atoms with van der Waals surface area (Å²) in [4.78, 5) is 19.5. The number of thiazole rings is 1. The molecule has 3 nitrogen and oxygen atoms in total. The molecule has 0 aliphatic carbocycles. The second-order valence-electron chi connectivity index (χ2n) is 4.36. The third-order valence-electron chi connectivity index (χ3n) is 3.02. The van der Waals surface area contributed by atoms with Gasteiger partial charge in [0.1, 0.15) is 0 Å². The van der Waals surface area contributed by atoms with Crippen molar-refractivity contribution in [3.8, 4) is 0 Å². The Morgan fingerprint density at radius 3 is 2.56 bits per heavy atom. The zero-order chi connectivity index (χ0) is 11.5. The van der Waals surface area contributed by atoms with E-state index in [0.29, 0.717) is 6.42 Å². The molecular weight excluding hydrogens is 220 g/mol. The number of aryl methyl sites for hydroxylation is 2. The van der Waals surface area contributed by atoms with Gasteiger partial charge in [-0.2, -0.15) is 0 Å². The number of hydrogen-bond donors (Lipinski definition) is 0. The van der Waals surface area contributed by atoms with Gasteiger partial charge >= 0.3 is 0 Å². The molecule has 1 amide bonds. The van der Waals surface area contributed by atoms with E-state index in [1.165, 1.54) is 6.42 Å². The summed E-state index contributed by atoms with van der Waals surface area (Å²) in [5.41, 5.74) is 1.02. The summed E-state index contributed by atoms with van der Waals surface area (Å²) >= 11 is 1.65. The molecule has 88 valence electrons. The second-order valence-corrected chi connectivity index (χ2v) is 5.65. The van der Waals surface area contributed by atoms with Crippen LogP contribution in [0.25, 0.3) is 0 Å². The highest BCUT2D eigenvalue weighted by atomic mass is 32.1. The average molecular weight is 238 g/mol. The highest BCUT2D eigenvalue weighted by Crippen LogP contribution is 2.19. The Labute approximate surface area is 100 Å². The fourth-order valence-corrected chi connectivity index (χ4v) is 3.06. The molecule has 0 radical (unpaired) electrons. The Balaban J connectivity index is 1.98. The van der Waals surface area contributed by atoms with Gasteiger partial charge in [-0.25, -0.2) is 4.98 Å². The van der Waals surface area contributed by atoms with E-state index >= 15 is 0 Å². The molecule has 1 fully saturated rings. The number of rotatable bonds is 2. The van der Waals surface area contributed by atoms with Gasteiger partial charge in [-0.3, -0.25) is 4.79 Å². The first-order chi connectivity index (χ1) is 7.66. The van der Waals surface area contributed by atoms with Crippen LogP contribution in [0.5, 0.6) is 0 Å². The Kier molecular flexibility index (Phi) is 3.59. The number of nitrogens with zero attached hydrogens (tertiary/aromatic N) is 2. The number of aromatic nitrogens is 1. The predicted molar refractivity (Wildman–Crippen MR) is 65.7 cm³/mol. The molecule has 1 saturated heterocycles. The van der Waals surface area contributed by atoms with Gasteiger partial charge in [0.2, 0.25) is 5.91 Å². The Hall–Kier alpha value is -0.900. The average Bonchev–Trinajstić information content (AvgIpc) is 2.59. The van der Waals surface area contributed by atoms with Crippen LogP contribution in [0, 0.1) is 13.8 Å². The minimum Gasteiger partial charge on any atom is -0.342 e. The molecule has 0 aromatic carbocycles. The lowest BCUT2D eigenvalue weighted by molar-refractivity contribution is -0.131. The van der Waals surface area contributed by atoms with Gasteiger partial charge in [0.25, 0.3) is 0 Å². The molecule has 0 atom stereocenters. The van der Waals surface area contributed by atoms with Crippen LogP contribution >= 0.6 is 11.3 Å². The van der Waals surface area contributed by atoms with Crippen molar-refractivity contribution >= 4 is 17.2 Å². The molecule has 0 N–H and O–H groups in total. The van der Waals surface area contributed by atoms with E-state index in [2.05, 4.69) is 4.98 Å². The van der Waals surface area contributed by atoms with E-state index in [0.717, 1.165) is 41.5 Å². The number of hydrogen-bond acceptors (Lipinski definition) is 3. The molecule has 1 aromatic heterocycles. The SMILES string of the molecule is Cc1nc(C)c(CC(=O)N2CCCCC2)s1. The van der Waals surface area contributed by atoms with Gasteiger partial charge < -0.3 is 4.90 Å². The van der Waals surface area contributed by atoms with Gasteiger partial charge in [0.15, 0.2) is 0 Å². The number of carbonyl (C=O) groups excluding carboxylic acids is 1. The molecule has 16 heavy (non-hydrogen) atoms. The Morgan fingerprint density at radius 1 is 1.31 bits per heavy atom. The zero-order valence-electron chi connectivity index (χ0n) is 9.95. The maximum Gasteiger partial charge on any atom is 0.227 e. The van der Waals surface area contributed by atoms with E-state index < -0.39 is 0 Å². The van der Waals surface area contributed by atoms with Crippen molar-refractivity contribution in [3.05, 3.63) is 15.6 Å². The predicted octanol–water partition coefficient (Wildman–Crippen LogP) is 2.31. The van der Waals surface area contributed by atoms with Crippen molar-refractivity contribution in [2.45, 2.75) is 39.5 Å². The standard InChI is InChI=1S/C12H18N2OS/c1-9-11(16-10(2)13-9)8-12(15)14-6-4-3-5-7-14/h3-8H2,1-2H3. The lowest BCUT2D eigenvalue weighted by Crippen LogP contribution is -2.36. The van der Waals surface area contributed by atoms with Gasteiger partial charge in [-0.15, -0.1) is 11.3 Å². The maximum absolute atomic E-state index is 12.0. The highest BCUT2D eigenvalue weighted by Gasteiger charge is 2.18. The normalized spacial score (nSPS) is 16.5. The van der Waals surface area contributed by atoms with Crippen molar-refractivity contribution in [1.29, 1.82) is 0 Å². The molecule has 1 aliphatic rings. The first kappa shape index (κ1) is 11.6. The van der Waals surface area contributed by atoms with Crippen LogP contribution < -0.4 is 0 Å². The van der Waals surface area contributed by atoms with Gasteiger partial charge in [-0.05, 0) is 33.1 Å². The molecule has 0 bridgehead atoms. The summed E-state index contributed by atoms with van der Waals surface area (Å²) in [5, 5.41) is 1.05. The van der Waals surface area contributed by atoms with Crippen LogP contribution in [-0.2, 0) is 11.2 Å². The zero-order valence-corrected chi connectivity index (χ0v) is 10.8. The lowest BCUT2D eigenvalue weighted by Gasteiger charge is -2.26. The first-order valence-electron chi connectivity index (χ1n) is 5.87. The molecule has 0 saturated carbocycles. The lowest BCUT2D eigenvalue weighted by atomic mass is 10.1. The number of likely N-dealkylation sites (tertiary alicyclic amines) is 1. The maximum atomic E-state index is 12.0. The number of amides is 1. The van der Waals surface area contributed by atoms with E-state index in [4.69, 9.17) is 0 Å². The monoisotopic (exact) mass is 238 g/mol. The van der Waals surface area contributed by atoms with Crippen molar-refractivity contribution < 1.29 is 4.79 Å². The van der Waals surface area contributed by atoms with Gasteiger partial charge in [0.05, 0.1) is 17.1 Å². The van der Waals surface area contributed by atoms with Crippen molar-refractivity contribution in [1.82, 2.24) is 9.88 Å². The van der Waals surface area contributed by atoms with Crippen LogP contribution in [0.15, 0.2) is 0 Å². The summed E-state index contributed by atoms with van der Waals surface area (Å²) in [6.45, 7) is 5.86. The first-order valence-corrected chi connectivity index (χ1v) is 6.69. The van der Waals surface area contributed by atoms with Crippen LogP contribution in [0.2, 0.25) is 0 Å². The summed E-state index contributed by atoms with van der Waals surface area (Å²) in [6.07, 6.45) is 4.12. The minimum atomic E-state index is 0.270. The molecule has 2 rings (SSSR count). The summed E-state index contributed by atoms with van der Waals surface area (Å²) < 4.78 is 0. The number of piperidine rings is 1. The Bertz CT molecular complexity index is 380. The van der Waals surface area contributed by atoms with Crippen molar-refractivity contribution in [3.63, 3.8) is 0 Å². The fraction of sp³-hybridized carbons (Fsp3) is 0.667. The highest BCUT2D eigenvalue weighted by molar-refractivity contribution is 7.11. The number of carbonyl (C=O) groups is 1. The molecular formula is C12H18N2OS. The van der Waals surface area contributed by atoms with Crippen LogP contribution in [0.1, 0.15) is 34.8 Å². The molecule has 2 heterocycles. The fourth-order valence-electron chi connectivity index (χ4n) is 2.13.